The second-order valence-electron chi connectivity index (χ2n) is 4.97. The molecule has 2 rings (SSSR count). The number of nitrogen functional groups attached to an aromatic ring is 1. The predicted molar refractivity (Wildman–Crippen MR) is 74.5 cm³/mol. The van der Waals surface area contributed by atoms with Crippen LogP contribution in [0.3, 0.4) is 0 Å². The molecule has 98 valence electrons. The molecule has 4 nitrogen and oxygen atoms in total. The molecule has 4 heteroatoms. The lowest BCUT2D eigenvalue weighted by molar-refractivity contribution is 0.650. The fourth-order valence-corrected chi connectivity index (χ4v) is 2.74. The highest BCUT2D eigenvalue weighted by Gasteiger charge is 2.19. The van der Waals surface area contributed by atoms with Gasteiger partial charge in [-0.05, 0) is 25.3 Å². The first-order valence-electron chi connectivity index (χ1n) is 6.92. The zero-order valence-corrected chi connectivity index (χ0v) is 11.2. The van der Waals surface area contributed by atoms with E-state index in [4.69, 9.17) is 5.73 Å². The summed E-state index contributed by atoms with van der Waals surface area (Å²) in [4.78, 5) is 2.36. The fourth-order valence-electron chi connectivity index (χ4n) is 2.74. The van der Waals surface area contributed by atoms with Crippen LogP contribution in [-0.4, -0.2) is 17.7 Å². The Morgan fingerprint density at radius 2 is 1.94 bits per heavy atom. The van der Waals surface area contributed by atoms with Crippen molar-refractivity contribution in [1.29, 1.82) is 5.26 Å². The molecule has 0 spiro atoms. The molecule has 1 aromatic heterocycles. The Balaban J connectivity index is 2.35. The van der Waals surface area contributed by atoms with Crippen molar-refractivity contribution >= 4 is 11.5 Å². The third-order valence-corrected chi connectivity index (χ3v) is 3.56. The van der Waals surface area contributed by atoms with Gasteiger partial charge >= 0.3 is 0 Å². The molecule has 1 aliphatic rings. The Kier molecular flexibility index (Phi) is 4.14. The second-order valence-corrected chi connectivity index (χ2v) is 4.97. The third kappa shape index (κ3) is 2.45. The van der Waals surface area contributed by atoms with Gasteiger partial charge in [-0.15, -0.1) is 0 Å². The Bertz CT molecular complexity index is 433. The van der Waals surface area contributed by atoms with Gasteiger partial charge < -0.3 is 15.2 Å². The number of nitrogens with two attached hydrogens (primary N) is 1. The van der Waals surface area contributed by atoms with E-state index in [0.29, 0.717) is 5.69 Å². The largest absolute Gasteiger partial charge is 0.396 e. The lowest BCUT2D eigenvalue weighted by Gasteiger charge is -2.25. The van der Waals surface area contributed by atoms with Crippen molar-refractivity contribution in [3.8, 4) is 6.07 Å². The summed E-state index contributed by atoms with van der Waals surface area (Å²) in [6.07, 6.45) is 6.06. The van der Waals surface area contributed by atoms with Crippen LogP contribution in [0.4, 0.5) is 11.5 Å². The number of hydrogen-bond donors (Lipinski definition) is 1. The maximum absolute atomic E-state index is 9.19. The van der Waals surface area contributed by atoms with Crippen LogP contribution >= 0.6 is 0 Å². The molecule has 0 radical (unpaired) electrons. The molecule has 0 bridgehead atoms. The molecule has 0 amide bonds. The molecule has 2 N–H and O–H groups in total. The molecule has 18 heavy (non-hydrogen) atoms. The number of hydrogen-bond acceptors (Lipinski definition) is 3. The first-order chi connectivity index (χ1) is 8.77. The Labute approximate surface area is 109 Å². The van der Waals surface area contributed by atoms with Gasteiger partial charge in [0.15, 0.2) is 0 Å². The quantitative estimate of drug-likeness (QED) is 0.892. The lowest BCUT2D eigenvalue weighted by atomic mass is 10.2. The van der Waals surface area contributed by atoms with E-state index < -0.39 is 0 Å². The van der Waals surface area contributed by atoms with Crippen LogP contribution in [0.2, 0.25) is 0 Å². The van der Waals surface area contributed by atoms with Crippen molar-refractivity contribution in [3.05, 3.63) is 11.8 Å². The first-order valence-corrected chi connectivity index (χ1v) is 6.92. The van der Waals surface area contributed by atoms with E-state index in [0.717, 1.165) is 37.6 Å². The van der Waals surface area contributed by atoms with Gasteiger partial charge in [-0.25, -0.2) is 0 Å². The topological polar surface area (TPSA) is 58.0 Å². The van der Waals surface area contributed by atoms with Gasteiger partial charge in [-0.1, -0.05) is 19.8 Å². The summed E-state index contributed by atoms with van der Waals surface area (Å²) in [6.45, 7) is 5.11. The smallest absolute Gasteiger partial charge is 0.133 e. The van der Waals surface area contributed by atoms with Crippen molar-refractivity contribution in [3.63, 3.8) is 0 Å². The average Bonchev–Trinajstić information content (AvgIpc) is 2.58. The van der Waals surface area contributed by atoms with Gasteiger partial charge in [0.25, 0.3) is 0 Å². The molecule has 0 aromatic carbocycles. The van der Waals surface area contributed by atoms with Crippen LogP contribution in [0.1, 0.15) is 44.7 Å². The summed E-state index contributed by atoms with van der Waals surface area (Å²) in [5, 5.41) is 9.19. The second kappa shape index (κ2) is 5.81. The molecule has 1 aromatic rings. The molecule has 0 saturated carbocycles. The van der Waals surface area contributed by atoms with Crippen LogP contribution in [0.5, 0.6) is 0 Å². The molecule has 2 heterocycles. The Morgan fingerprint density at radius 3 is 2.50 bits per heavy atom. The highest BCUT2D eigenvalue weighted by molar-refractivity contribution is 5.68. The van der Waals surface area contributed by atoms with Crippen molar-refractivity contribution in [1.82, 2.24) is 4.57 Å². The molecule has 0 atom stereocenters. The monoisotopic (exact) mass is 246 g/mol. The summed E-state index contributed by atoms with van der Waals surface area (Å²) in [5.74, 6) is 1.07. The van der Waals surface area contributed by atoms with E-state index in [1.807, 2.05) is 6.07 Å². The van der Waals surface area contributed by atoms with Crippen molar-refractivity contribution < 1.29 is 0 Å². The molecule has 1 fully saturated rings. The highest BCUT2D eigenvalue weighted by atomic mass is 15.3. The van der Waals surface area contributed by atoms with E-state index in [1.54, 1.807) is 0 Å². The molecular weight excluding hydrogens is 224 g/mol. The maximum Gasteiger partial charge on any atom is 0.133 e. The average molecular weight is 246 g/mol. The van der Waals surface area contributed by atoms with Gasteiger partial charge in [0.05, 0.1) is 5.69 Å². The van der Waals surface area contributed by atoms with Crippen molar-refractivity contribution in [2.24, 2.45) is 0 Å². The summed E-state index contributed by atoms with van der Waals surface area (Å²) in [6, 6.07) is 4.07. The highest BCUT2D eigenvalue weighted by Crippen LogP contribution is 2.30. The van der Waals surface area contributed by atoms with E-state index in [9.17, 15) is 5.26 Å². The zero-order chi connectivity index (χ0) is 13.0. The minimum Gasteiger partial charge on any atom is -0.396 e. The van der Waals surface area contributed by atoms with Gasteiger partial charge in [0.2, 0.25) is 0 Å². The minimum atomic E-state index is 0.689. The number of rotatable bonds is 3. The normalized spacial score (nSPS) is 16.3. The molecule has 1 aliphatic heterocycles. The Hall–Kier alpha value is -1.63. The fraction of sp³-hybridized carbons (Fsp3) is 0.643. The Morgan fingerprint density at radius 1 is 1.28 bits per heavy atom. The molecule has 0 aliphatic carbocycles. The van der Waals surface area contributed by atoms with Crippen molar-refractivity contribution in [2.75, 3.05) is 23.7 Å². The van der Waals surface area contributed by atoms with Gasteiger partial charge in [0.1, 0.15) is 17.6 Å². The molecule has 1 saturated heterocycles. The summed E-state index contributed by atoms with van der Waals surface area (Å²) >= 11 is 0. The standard InChI is InChI=1S/C14H22N4/c1-2-7-18-12(11-15)10-13(16)14(18)17-8-5-3-4-6-9-17/h10H,2-9,16H2,1H3. The van der Waals surface area contributed by atoms with Gasteiger partial charge in [-0.2, -0.15) is 5.26 Å². The summed E-state index contributed by atoms with van der Waals surface area (Å²) in [5.41, 5.74) is 7.56. The number of aromatic nitrogens is 1. The first kappa shape index (κ1) is 12.8. The number of anilines is 2. The van der Waals surface area contributed by atoms with Crippen LogP contribution in [0.15, 0.2) is 6.07 Å². The minimum absolute atomic E-state index is 0.689. The summed E-state index contributed by atoms with van der Waals surface area (Å²) < 4.78 is 2.08. The predicted octanol–water partition coefficient (Wildman–Crippen LogP) is 2.73. The van der Waals surface area contributed by atoms with E-state index in [2.05, 4.69) is 22.5 Å². The van der Waals surface area contributed by atoms with Crippen LogP contribution in [0.25, 0.3) is 0 Å². The van der Waals surface area contributed by atoms with Crippen molar-refractivity contribution in [2.45, 2.75) is 45.6 Å². The number of nitrogens with zero attached hydrogens (tertiary/aromatic N) is 3. The maximum atomic E-state index is 9.19. The molecular formula is C14H22N4. The van der Waals surface area contributed by atoms with E-state index >= 15 is 0 Å². The third-order valence-electron chi connectivity index (χ3n) is 3.56. The van der Waals surface area contributed by atoms with Crippen LogP contribution in [-0.2, 0) is 6.54 Å². The molecule has 0 unspecified atom stereocenters. The summed E-state index contributed by atoms with van der Waals surface area (Å²) in [7, 11) is 0. The van der Waals surface area contributed by atoms with Gasteiger partial charge in [0, 0.05) is 19.6 Å². The van der Waals surface area contributed by atoms with E-state index in [-0.39, 0.29) is 0 Å². The van der Waals surface area contributed by atoms with Crippen LogP contribution < -0.4 is 10.6 Å². The number of nitriles is 1. The zero-order valence-electron chi connectivity index (χ0n) is 11.2. The van der Waals surface area contributed by atoms with Gasteiger partial charge in [-0.3, -0.25) is 0 Å². The van der Waals surface area contributed by atoms with Crippen LogP contribution in [0, 0.1) is 11.3 Å². The SMILES string of the molecule is CCCn1c(C#N)cc(N)c1N1CCCCCC1. The lowest BCUT2D eigenvalue weighted by Crippen LogP contribution is -2.27. The van der Waals surface area contributed by atoms with E-state index in [1.165, 1.54) is 25.7 Å².